The average molecular weight is 551 g/mol. The zero-order valence-corrected chi connectivity index (χ0v) is 22.0. The Morgan fingerprint density at radius 2 is 1.69 bits per heavy atom. The van der Waals surface area contributed by atoms with Gasteiger partial charge in [-0.15, -0.1) is 13.2 Å². The molecule has 0 aliphatic carbocycles. The normalized spacial score (nSPS) is 12.8. The van der Waals surface area contributed by atoms with Crippen LogP contribution in [0.4, 0.5) is 0 Å². The van der Waals surface area contributed by atoms with Crippen LogP contribution < -0.4 is 9.94 Å². The number of carbonyl (C=O) groups is 1. The number of fused-ring (bicyclic) bond motifs is 1. The first-order chi connectivity index (χ1) is 17.0. The Kier molecular flexibility index (Phi) is 8.76. The highest BCUT2D eigenvalue weighted by Crippen LogP contribution is 2.22. The summed E-state index contributed by atoms with van der Waals surface area (Å²) in [6.45, 7) is 8.11. The molecule has 0 saturated heterocycles. The van der Waals surface area contributed by atoms with E-state index in [1.807, 2.05) is 0 Å². The number of amides is 1. The van der Waals surface area contributed by atoms with Gasteiger partial charge in [-0.2, -0.15) is 9.30 Å². The molecular formula is C23H26N4O6S3. The molecule has 36 heavy (non-hydrogen) atoms. The van der Waals surface area contributed by atoms with Gasteiger partial charge >= 0.3 is 0 Å². The fraction of sp³-hybridized carbons (Fsp3) is 0.217. The van der Waals surface area contributed by atoms with Crippen LogP contribution in [0.25, 0.3) is 10.2 Å². The Labute approximate surface area is 213 Å². The van der Waals surface area contributed by atoms with Crippen LogP contribution in [0.5, 0.6) is 0 Å². The minimum Gasteiger partial charge on any atom is -0.383 e. The zero-order valence-electron chi connectivity index (χ0n) is 19.5. The predicted octanol–water partition coefficient (Wildman–Crippen LogP) is 2.10. The van der Waals surface area contributed by atoms with Crippen LogP contribution in [0.1, 0.15) is 10.4 Å². The SMILES string of the molecule is C=CCN(CC=C)S(=O)(=O)c1ccc(C(=O)N=c2sc3cc(S(N)(=O)=O)ccc3n2CCOC)cc1. The first kappa shape index (κ1) is 27.6. The monoisotopic (exact) mass is 550 g/mol. The largest absolute Gasteiger partial charge is 0.383 e. The summed E-state index contributed by atoms with van der Waals surface area (Å²) in [5, 5.41) is 5.24. The first-order valence-electron chi connectivity index (χ1n) is 10.6. The number of hydrogen-bond acceptors (Lipinski definition) is 7. The van der Waals surface area contributed by atoms with Crippen molar-refractivity contribution in [1.29, 1.82) is 0 Å². The van der Waals surface area contributed by atoms with E-state index in [9.17, 15) is 21.6 Å². The molecule has 192 valence electrons. The first-order valence-corrected chi connectivity index (χ1v) is 14.4. The number of thiazole rings is 1. The van der Waals surface area contributed by atoms with Gasteiger partial charge in [-0.05, 0) is 42.5 Å². The van der Waals surface area contributed by atoms with E-state index in [1.54, 1.807) is 10.6 Å². The third kappa shape index (κ3) is 6.06. The molecule has 13 heteroatoms. The molecule has 10 nitrogen and oxygen atoms in total. The highest BCUT2D eigenvalue weighted by atomic mass is 32.2. The number of ether oxygens (including phenoxy) is 1. The van der Waals surface area contributed by atoms with Crippen LogP contribution in [0.15, 0.2) is 82.6 Å². The lowest BCUT2D eigenvalue weighted by atomic mass is 10.2. The molecule has 3 aromatic rings. The van der Waals surface area contributed by atoms with Crippen LogP contribution in [0.2, 0.25) is 0 Å². The maximum absolute atomic E-state index is 12.9. The van der Waals surface area contributed by atoms with Crippen LogP contribution in [0.3, 0.4) is 0 Å². The number of carbonyl (C=O) groups excluding carboxylic acids is 1. The molecule has 0 unspecified atom stereocenters. The molecule has 0 aliphatic rings. The minimum absolute atomic E-state index is 0.0234. The highest BCUT2D eigenvalue weighted by molar-refractivity contribution is 7.89. The number of methoxy groups -OCH3 is 1. The summed E-state index contributed by atoms with van der Waals surface area (Å²) in [6.07, 6.45) is 2.96. The predicted molar refractivity (Wildman–Crippen MR) is 139 cm³/mol. The van der Waals surface area contributed by atoms with Crippen molar-refractivity contribution in [3.05, 3.63) is 78.1 Å². The van der Waals surface area contributed by atoms with Crippen molar-refractivity contribution in [1.82, 2.24) is 8.87 Å². The van der Waals surface area contributed by atoms with Gasteiger partial charge in [0.1, 0.15) is 0 Å². The fourth-order valence-corrected chi connectivity index (χ4v) is 6.43. The van der Waals surface area contributed by atoms with Crippen LogP contribution >= 0.6 is 11.3 Å². The van der Waals surface area contributed by atoms with Crippen molar-refractivity contribution in [3.8, 4) is 0 Å². The molecular weight excluding hydrogens is 524 g/mol. The van der Waals surface area contributed by atoms with Gasteiger partial charge in [0, 0.05) is 32.3 Å². The van der Waals surface area contributed by atoms with Crippen molar-refractivity contribution in [2.75, 3.05) is 26.8 Å². The van der Waals surface area contributed by atoms with Crippen molar-refractivity contribution < 1.29 is 26.4 Å². The Balaban J connectivity index is 2.01. The smallest absolute Gasteiger partial charge is 0.279 e. The average Bonchev–Trinajstić information content (AvgIpc) is 3.18. The number of aromatic nitrogens is 1. The van der Waals surface area contributed by atoms with E-state index in [2.05, 4.69) is 18.2 Å². The molecule has 0 fully saturated rings. The van der Waals surface area contributed by atoms with Gasteiger partial charge in [-0.1, -0.05) is 23.5 Å². The summed E-state index contributed by atoms with van der Waals surface area (Å²) in [5.74, 6) is -0.586. The number of benzene rings is 2. The van der Waals surface area contributed by atoms with Crippen molar-refractivity contribution in [3.63, 3.8) is 0 Å². The quantitative estimate of drug-likeness (QED) is 0.363. The Hall–Kier alpha value is -2.94. The molecule has 0 saturated carbocycles. The van der Waals surface area contributed by atoms with Gasteiger partial charge in [0.25, 0.3) is 5.91 Å². The molecule has 3 rings (SSSR count). The standard InChI is InChI=1S/C23H26N4O6S3/c1-4-12-26(13-5-2)36(31,32)18-8-6-17(7-9-18)22(28)25-23-27(14-15-33-3)20-11-10-19(35(24,29)30)16-21(20)34-23/h4-11,16H,1-2,12-15H2,3H3,(H2,24,29,30). The highest BCUT2D eigenvalue weighted by Gasteiger charge is 2.22. The van der Waals surface area contributed by atoms with Crippen LogP contribution in [-0.4, -0.2) is 58.4 Å². The third-order valence-corrected chi connectivity index (χ3v) is 8.90. The van der Waals surface area contributed by atoms with Gasteiger partial charge in [0.15, 0.2) is 4.80 Å². The van der Waals surface area contributed by atoms with Crippen LogP contribution in [0, 0.1) is 0 Å². The van der Waals surface area contributed by atoms with Gasteiger partial charge in [-0.3, -0.25) is 4.79 Å². The topological polar surface area (TPSA) is 141 Å². The molecule has 0 aliphatic heterocycles. The molecule has 0 bridgehead atoms. The van der Waals surface area contributed by atoms with Crippen molar-refractivity contribution in [2.45, 2.75) is 16.3 Å². The number of nitrogens with two attached hydrogens (primary N) is 1. The lowest BCUT2D eigenvalue weighted by molar-refractivity contribution is 0.0997. The lowest BCUT2D eigenvalue weighted by Gasteiger charge is -2.19. The van der Waals surface area contributed by atoms with E-state index in [0.29, 0.717) is 28.2 Å². The number of nitrogens with zero attached hydrogens (tertiary/aromatic N) is 3. The molecule has 1 amide bonds. The van der Waals surface area contributed by atoms with Crippen molar-refractivity contribution >= 4 is 47.5 Å². The molecule has 1 heterocycles. The molecule has 0 spiro atoms. The van der Waals surface area contributed by atoms with Gasteiger partial charge < -0.3 is 9.30 Å². The molecule has 0 radical (unpaired) electrons. The molecule has 1 aromatic heterocycles. The van der Waals surface area contributed by atoms with Crippen LogP contribution in [-0.2, 0) is 31.3 Å². The van der Waals surface area contributed by atoms with Gasteiger partial charge in [-0.25, -0.2) is 22.0 Å². The van der Waals surface area contributed by atoms with Gasteiger partial charge in [0.2, 0.25) is 20.0 Å². The van der Waals surface area contributed by atoms with Gasteiger partial charge in [0.05, 0.1) is 26.6 Å². The zero-order chi connectivity index (χ0) is 26.5. The Bertz CT molecular complexity index is 1560. The van der Waals surface area contributed by atoms with Crippen molar-refractivity contribution in [2.24, 2.45) is 10.1 Å². The van der Waals surface area contributed by atoms with E-state index in [-0.39, 0.29) is 28.4 Å². The second kappa shape index (κ2) is 11.4. The second-order valence-electron chi connectivity index (χ2n) is 7.54. The third-order valence-electron chi connectivity index (χ3n) is 5.10. The molecule has 0 atom stereocenters. The van der Waals surface area contributed by atoms with E-state index < -0.39 is 26.0 Å². The number of rotatable bonds is 11. The summed E-state index contributed by atoms with van der Waals surface area (Å²) in [4.78, 5) is 17.5. The summed E-state index contributed by atoms with van der Waals surface area (Å²) in [6, 6.07) is 9.90. The van der Waals surface area contributed by atoms with E-state index >= 15 is 0 Å². The minimum atomic E-state index is -3.90. The summed E-state index contributed by atoms with van der Waals surface area (Å²) < 4.78 is 57.9. The van der Waals surface area contributed by atoms with E-state index in [1.165, 1.54) is 60.0 Å². The number of hydrogen-bond donors (Lipinski definition) is 1. The Morgan fingerprint density at radius 1 is 1.08 bits per heavy atom. The van der Waals surface area contributed by atoms with E-state index in [0.717, 1.165) is 11.3 Å². The lowest BCUT2D eigenvalue weighted by Crippen LogP contribution is -2.31. The Morgan fingerprint density at radius 3 is 2.25 bits per heavy atom. The second-order valence-corrected chi connectivity index (χ2v) is 12.1. The summed E-state index contributed by atoms with van der Waals surface area (Å²) in [5.41, 5.74) is 0.857. The molecule has 2 aromatic carbocycles. The maximum Gasteiger partial charge on any atom is 0.279 e. The maximum atomic E-state index is 12.9. The number of primary sulfonamides is 1. The summed E-state index contributed by atoms with van der Waals surface area (Å²) in [7, 11) is -6.16. The fourth-order valence-electron chi connectivity index (χ4n) is 3.34. The summed E-state index contributed by atoms with van der Waals surface area (Å²) >= 11 is 1.13. The number of sulfonamides is 2. The van der Waals surface area contributed by atoms with E-state index in [4.69, 9.17) is 9.88 Å². The molecule has 2 N–H and O–H groups in total.